The van der Waals surface area contributed by atoms with E-state index in [0.717, 1.165) is 18.4 Å². The van der Waals surface area contributed by atoms with Gasteiger partial charge in [-0.2, -0.15) is 0 Å². The molecule has 82 valence electrons. The van der Waals surface area contributed by atoms with E-state index in [1.54, 1.807) is 0 Å². The van der Waals surface area contributed by atoms with Crippen LogP contribution < -0.4 is 5.32 Å². The van der Waals surface area contributed by atoms with Crippen molar-refractivity contribution in [3.63, 3.8) is 0 Å². The first-order valence-corrected chi connectivity index (χ1v) is 5.99. The molecular weight excluding hydrogens is 246 g/mol. The molecular formula is C10H18BrNO2. The Labute approximate surface area is 93.7 Å². The number of esters is 1. The van der Waals surface area contributed by atoms with Gasteiger partial charge in [-0.05, 0) is 31.2 Å². The van der Waals surface area contributed by atoms with E-state index in [1.165, 1.54) is 20.0 Å². The van der Waals surface area contributed by atoms with Crippen molar-refractivity contribution in [3.8, 4) is 0 Å². The standard InChI is InChI=1S/C10H18BrNO2/c1-7(8-3-4-8)5-12-6-9(11)10(13)14-2/h7-9,12H,3-6H2,1-2H3. The molecule has 0 amide bonds. The van der Waals surface area contributed by atoms with Gasteiger partial charge < -0.3 is 10.1 Å². The lowest BCUT2D eigenvalue weighted by Crippen LogP contribution is -2.32. The van der Waals surface area contributed by atoms with Gasteiger partial charge in [0, 0.05) is 6.54 Å². The molecule has 1 N–H and O–H groups in total. The Morgan fingerprint density at radius 2 is 2.21 bits per heavy atom. The van der Waals surface area contributed by atoms with Crippen molar-refractivity contribution in [2.24, 2.45) is 11.8 Å². The van der Waals surface area contributed by atoms with Gasteiger partial charge in [0.1, 0.15) is 4.83 Å². The molecule has 0 aromatic heterocycles. The summed E-state index contributed by atoms with van der Waals surface area (Å²) in [5.41, 5.74) is 0. The average molecular weight is 264 g/mol. The van der Waals surface area contributed by atoms with Crippen LogP contribution in [-0.4, -0.2) is 31.0 Å². The highest BCUT2D eigenvalue weighted by molar-refractivity contribution is 9.10. The highest BCUT2D eigenvalue weighted by atomic mass is 79.9. The SMILES string of the molecule is COC(=O)C(Br)CNCC(C)C1CC1. The third-order valence-electron chi connectivity index (χ3n) is 2.67. The second kappa shape index (κ2) is 5.71. The summed E-state index contributed by atoms with van der Waals surface area (Å²) in [4.78, 5) is 10.8. The maximum Gasteiger partial charge on any atom is 0.320 e. The second-order valence-electron chi connectivity index (χ2n) is 3.96. The molecule has 0 spiro atoms. The van der Waals surface area contributed by atoms with Gasteiger partial charge in [-0.15, -0.1) is 0 Å². The van der Waals surface area contributed by atoms with Crippen LogP contribution in [0.4, 0.5) is 0 Å². The van der Waals surface area contributed by atoms with Crippen molar-refractivity contribution in [1.29, 1.82) is 0 Å². The van der Waals surface area contributed by atoms with Crippen LogP contribution in [-0.2, 0) is 9.53 Å². The lowest BCUT2D eigenvalue weighted by atomic mass is 10.1. The molecule has 3 nitrogen and oxygen atoms in total. The zero-order chi connectivity index (χ0) is 10.6. The summed E-state index contributed by atoms with van der Waals surface area (Å²) in [7, 11) is 1.41. The van der Waals surface area contributed by atoms with Crippen LogP contribution in [0, 0.1) is 11.8 Å². The molecule has 0 aromatic rings. The zero-order valence-electron chi connectivity index (χ0n) is 8.75. The smallest absolute Gasteiger partial charge is 0.320 e. The van der Waals surface area contributed by atoms with E-state index in [4.69, 9.17) is 0 Å². The van der Waals surface area contributed by atoms with Gasteiger partial charge in [-0.25, -0.2) is 0 Å². The number of methoxy groups -OCH3 is 1. The van der Waals surface area contributed by atoms with E-state index in [0.29, 0.717) is 6.54 Å². The van der Waals surface area contributed by atoms with Gasteiger partial charge in [-0.3, -0.25) is 4.79 Å². The maximum absolute atomic E-state index is 11.0. The van der Waals surface area contributed by atoms with Crippen LogP contribution in [0.5, 0.6) is 0 Å². The summed E-state index contributed by atoms with van der Waals surface area (Å²) in [6, 6.07) is 0. The van der Waals surface area contributed by atoms with Gasteiger partial charge in [0.25, 0.3) is 0 Å². The van der Waals surface area contributed by atoms with E-state index >= 15 is 0 Å². The van der Waals surface area contributed by atoms with Crippen LogP contribution in [0.3, 0.4) is 0 Å². The van der Waals surface area contributed by atoms with Gasteiger partial charge >= 0.3 is 5.97 Å². The quantitative estimate of drug-likeness (QED) is 0.584. The Kier molecular flexibility index (Phi) is 4.89. The molecule has 0 aromatic carbocycles. The van der Waals surface area contributed by atoms with Crippen LogP contribution in [0.15, 0.2) is 0 Å². The van der Waals surface area contributed by atoms with Crippen molar-refractivity contribution >= 4 is 21.9 Å². The van der Waals surface area contributed by atoms with Crippen LogP contribution >= 0.6 is 15.9 Å². The number of alkyl halides is 1. The van der Waals surface area contributed by atoms with E-state index in [9.17, 15) is 4.79 Å². The lowest BCUT2D eigenvalue weighted by Gasteiger charge is -2.13. The van der Waals surface area contributed by atoms with Crippen LogP contribution in [0.25, 0.3) is 0 Å². The molecule has 0 heterocycles. The van der Waals surface area contributed by atoms with Gasteiger partial charge in [0.05, 0.1) is 7.11 Å². The first-order chi connectivity index (χ1) is 6.65. The van der Waals surface area contributed by atoms with Crippen molar-refractivity contribution < 1.29 is 9.53 Å². The Hall–Kier alpha value is -0.0900. The third-order valence-corrected chi connectivity index (χ3v) is 3.37. The number of hydrogen-bond donors (Lipinski definition) is 1. The maximum atomic E-state index is 11.0. The van der Waals surface area contributed by atoms with Crippen molar-refractivity contribution in [3.05, 3.63) is 0 Å². The number of ether oxygens (including phenoxy) is 1. The topological polar surface area (TPSA) is 38.3 Å². The fourth-order valence-corrected chi connectivity index (χ4v) is 1.90. The second-order valence-corrected chi connectivity index (χ2v) is 5.07. The molecule has 4 heteroatoms. The summed E-state index contributed by atoms with van der Waals surface area (Å²) in [5, 5.41) is 3.27. The van der Waals surface area contributed by atoms with Crippen LogP contribution in [0.1, 0.15) is 19.8 Å². The first kappa shape index (κ1) is 12.0. The number of rotatable bonds is 6. The molecule has 2 unspecified atom stereocenters. The summed E-state index contributed by atoms with van der Waals surface area (Å²) in [5.74, 6) is 1.43. The monoisotopic (exact) mass is 263 g/mol. The number of hydrogen-bond acceptors (Lipinski definition) is 3. The molecule has 1 aliphatic carbocycles. The van der Waals surface area contributed by atoms with Gasteiger partial charge in [-0.1, -0.05) is 22.9 Å². The molecule has 1 rings (SSSR count). The highest BCUT2D eigenvalue weighted by Gasteiger charge is 2.27. The normalized spacial score (nSPS) is 20.2. The summed E-state index contributed by atoms with van der Waals surface area (Å²) >= 11 is 3.27. The number of carbonyl (C=O) groups is 1. The predicted octanol–water partition coefficient (Wildman–Crippen LogP) is 1.56. The fourth-order valence-electron chi connectivity index (χ4n) is 1.48. The Morgan fingerprint density at radius 3 is 2.71 bits per heavy atom. The minimum absolute atomic E-state index is 0.212. The minimum Gasteiger partial charge on any atom is -0.468 e. The average Bonchev–Trinajstić information content (AvgIpc) is 2.99. The lowest BCUT2D eigenvalue weighted by molar-refractivity contribution is -0.139. The minimum atomic E-state index is -0.223. The van der Waals surface area contributed by atoms with Crippen molar-refractivity contribution in [1.82, 2.24) is 5.32 Å². The molecule has 0 saturated heterocycles. The first-order valence-electron chi connectivity index (χ1n) is 5.07. The third kappa shape index (κ3) is 3.96. The van der Waals surface area contributed by atoms with Gasteiger partial charge in [0.2, 0.25) is 0 Å². The molecule has 1 fully saturated rings. The van der Waals surface area contributed by atoms with E-state index in [1.807, 2.05) is 0 Å². The Balaban J connectivity index is 2.04. The fraction of sp³-hybridized carbons (Fsp3) is 0.900. The molecule has 1 saturated carbocycles. The van der Waals surface area contributed by atoms with E-state index in [-0.39, 0.29) is 10.8 Å². The number of carbonyl (C=O) groups excluding carboxylic acids is 1. The number of halogens is 1. The molecule has 0 radical (unpaired) electrons. The van der Waals surface area contributed by atoms with E-state index in [2.05, 4.69) is 32.9 Å². The van der Waals surface area contributed by atoms with Crippen molar-refractivity contribution in [2.45, 2.75) is 24.6 Å². The Bertz CT molecular complexity index is 195. The molecule has 14 heavy (non-hydrogen) atoms. The molecule has 0 aliphatic heterocycles. The van der Waals surface area contributed by atoms with Gasteiger partial charge in [0.15, 0.2) is 0 Å². The molecule has 0 bridgehead atoms. The highest BCUT2D eigenvalue weighted by Crippen LogP contribution is 2.35. The summed E-state index contributed by atoms with van der Waals surface area (Å²) in [6.07, 6.45) is 2.75. The summed E-state index contributed by atoms with van der Waals surface area (Å²) < 4.78 is 4.60. The number of nitrogens with one attached hydrogen (secondary N) is 1. The van der Waals surface area contributed by atoms with Crippen LogP contribution in [0.2, 0.25) is 0 Å². The largest absolute Gasteiger partial charge is 0.468 e. The van der Waals surface area contributed by atoms with E-state index < -0.39 is 0 Å². The zero-order valence-corrected chi connectivity index (χ0v) is 10.3. The van der Waals surface area contributed by atoms with Crippen molar-refractivity contribution in [2.75, 3.05) is 20.2 Å². The Morgan fingerprint density at radius 1 is 1.57 bits per heavy atom. The summed E-state index contributed by atoms with van der Waals surface area (Å²) in [6.45, 7) is 3.89. The molecule has 2 atom stereocenters. The predicted molar refractivity (Wildman–Crippen MR) is 59.5 cm³/mol. The molecule has 1 aliphatic rings.